The van der Waals surface area contributed by atoms with Crippen molar-refractivity contribution < 1.29 is 14.3 Å². The van der Waals surface area contributed by atoms with Gasteiger partial charge < -0.3 is 20.7 Å². The van der Waals surface area contributed by atoms with Crippen LogP contribution in [0.5, 0.6) is 5.75 Å². The first kappa shape index (κ1) is 20.3. The van der Waals surface area contributed by atoms with Crippen molar-refractivity contribution in [3.05, 3.63) is 54.1 Å². The normalized spacial score (nSPS) is 11.4. The Bertz CT molecular complexity index is 742. The number of amides is 2. The van der Waals surface area contributed by atoms with Crippen LogP contribution in [0.3, 0.4) is 0 Å². The Morgan fingerprint density at radius 2 is 1.59 bits per heavy atom. The molecule has 27 heavy (non-hydrogen) atoms. The molecular weight excluding hydrogens is 342 g/mol. The predicted molar refractivity (Wildman–Crippen MR) is 108 cm³/mol. The molecule has 0 aliphatic carbocycles. The summed E-state index contributed by atoms with van der Waals surface area (Å²) in [6.45, 7) is 6.67. The summed E-state index contributed by atoms with van der Waals surface area (Å²) in [5.74, 6) is 0.519. The number of hydrogen-bond acceptors (Lipinski definition) is 4. The Morgan fingerprint density at radius 1 is 0.963 bits per heavy atom. The maximum Gasteiger partial charge on any atom is 0.251 e. The summed E-state index contributed by atoms with van der Waals surface area (Å²) in [6.07, 6.45) is 0.876. The zero-order chi connectivity index (χ0) is 19.6. The zero-order valence-corrected chi connectivity index (χ0v) is 16.0. The molecule has 0 radical (unpaired) electrons. The lowest BCUT2D eigenvalue weighted by atomic mass is 10.1. The van der Waals surface area contributed by atoms with Gasteiger partial charge in [-0.05, 0) is 68.8 Å². The van der Waals surface area contributed by atoms with Crippen molar-refractivity contribution in [2.75, 3.05) is 23.8 Å². The SMILES string of the molecule is CCOc1ccc(NCC(=O)Nc2ccc(C(=O)NC(C)CC)cc2)cc1. The molecular formula is C21H27N3O3. The van der Waals surface area contributed by atoms with E-state index in [-0.39, 0.29) is 24.4 Å². The number of carbonyl (C=O) groups excluding carboxylic acids is 2. The second kappa shape index (κ2) is 10.2. The summed E-state index contributed by atoms with van der Waals surface area (Å²) < 4.78 is 5.38. The predicted octanol–water partition coefficient (Wildman–Crippen LogP) is 3.66. The number of benzene rings is 2. The summed E-state index contributed by atoms with van der Waals surface area (Å²) in [6, 6.07) is 14.4. The van der Waals surface area contributed by atoms with E-state index >= 15 is 0 Å². The highest BCUT2D eigenvalue weighted by Gasteiger charge is 2.09. The molecule has 0 spiro atoms. The van der Waals surface area contributed by atoms with Crippen LogP contribution in [-0.2, 0) is 4.79 Å². The van der Waals surface area contributed by atoms with Crippen molar-refractivity contribution in [2.45, 2.75) is 33.2 Å². The van der Waals surface area contributed by atoms with E-state index in [2.05, 4.69) is 16.0 Å². The number of hydrogen-bond donors (Lipinski definition) is 3. The van der Waals surface area contributed by atoms with Crippen LogP contribution in [0.2, 0.25) is 0 Å². The van der Waals surface area contributed by atoms with Gasteiger partial charge in [-0.2, -0.15) is 0 Å². The van der Waals surface area contributed by atoms with Gasteiger partial charge in [-0.15, -0.1) is 0 Å². The van der Waals surface area contributed by atoms with Gasteiger partial charge in [-0.25, -0.2) is 0 Å². The molecule has 2 aromatic carbocycles. The van der Waals surface area contributed by atoms with Gasteiger partial charge in [0.1, 0.15) is 5.75 Å². The van der Waals surface area contributed by atoms with Crippen molar-refractivity contribution in [1.29, 1.82) is 0 Å². The van der Waals surface area contributed by atoms with Crippen LogP contribution in [0.1, 0.15) is 37.6 Å². The molecule has 0 bridgehead atoms. The van der Waals surface area contributed by atoms with E-state index in [4.69, 9.17) is 4.74 Å². The third kappa shape index (κ3) is 6.66. The molecule has 2 aromatic rings. The van der Waals surface area contributed by atoms with Crippen molar-refractivity contribution >= 4 is 23.2 Å². The summed E-state index contributed by atoms with van der Waals surface area (Å²) in [7, 11) is 0. The fourth-order valence-electron chi connectivity index (χ4n) is 2.34. The van der Waals surface area contributed by atoms with Crippen LogP contribution in [0.15, 0.2) is 48.5 Å². The van der Waals surface area contributed by atoms with Gasteiger partial charge in [0, 0.05) is 23.0 Å². The highest BCUT2D eigenvalue weighted by Crippen LogP contribution is 2.15. The van der Waals surface area contributed by atoms with Gasteiger partial charge in [-0.1, -0.05) is 6.92 Å². The first-order valence-electron chi connectivity index (χ1n) is 9.19. The molecule has 6 heteroatoms. The minimum absolute atomic E-state index is 0.112. The second-order valence-corrected chi connectivity index (χ2v) is 6.22. The minimum atomic E-state index is -0.166. The van der Waals surface area contributed by atoms with Gasteiger partial charge in [0.05, 0.1) is 13.2 Å². The first-order valence-corrected chi connectivity index (χ1v) is 9.19. The Balaban J connectivity index is 1.82. The molecule has 0 saturated carbocycles. The van der Waals surface area contributed by atoms with E-state index < -0.39 is 0 Å². The number of rotatable bonds is 9. The molecule has 2 rings (SSSR count). The number of carbonyl (C=O) groups is 2. The average molecular weight is 369 g/mol. The maximum atomic E-state index is 12.1. The lowest BCUT2D eigenvalue weighted by Gasteiger charge is -2.12. The van der Waals surface area contributed by atoms with E-state index in [0.717, 1.165) is 17.9 Å². The highest BCUT2D eigenvalue weighted by atomic mass is 16.5. The number of ether oxygens (including phenoxy) is 1. The second-order valence-electron chi connectivity index (χ2n) is 6.22. The molecule has 0 aliphatic heterocycles. The molecule has 6 nitrogen and oxygen atoms in total. The molecule has 1 atom stereocenters. The fourth-order valence-corrected chi connectivity index (χ4v) is 2.34. The van der Waals surface area contributed by atoms with E-state index in [0.29, 0.717) is 17.9 Å². The van der Waals surface area contributed by atoms with Gasteiger partial charge >= 0.3 is 0 Å². The van der Waals surface area contributed by atoms with E-state index in [1.54, 1.807) is 24.3 Å². The molecule has 144 valence electrons. The van der Waals surface area contributed by atoms with Crippen LogP contribution in [0.4, 0.5) is 11.4 Å². The molecule has 0 aliphatic rings. The Labute approximate surface area is 160 Å². The monoisotopic (exact) mass is 369 g/mol. The smallest absolute Gasteiger partial charge is 0.251 e. The van der Waals surface area contributed by atoms with Crippen LogP contribution in [0, 0.1) is 0 Å². The van der Waals surface area contributed by atoms with Gasteiger partial charge in [0.15, 0.2) is 0 Å². The molecule has 2 amide bonds. The van der Waals surface area contributed by atoms with Crippen LogP contribution in [-0.4, -0.2) is 31.0 Å². The molecule has 0 saturated heterocycles. The lowest BCUT2D eigenvalue weighted by Crippen LogP contribution is -2.31. The van der Waals surface area contributed by atoms with Crippen molar-refractivity contribution in [2.24, 2.45) is 0 Å². The maximum absolute atomic E-state index is 12.1. The number of anilines is 2. The average Bonchev–Trinajstić information content (AvgIpc) is 2.68. The van der Waals surface area contributed by atoms with E-state index in [1.165, 1.54) is 0 Å². The van der Waals surface area contributed by atoms with E-state index in [9.17, 15) is 9.59 Å². The molecule has 1 unspecified atom stereocenters. The lowest BCUT2D eigenvalue weighted by molar-refractivity contribution is -0.114. The highest BCUT2D eigenvalue weighted by molar-refractivity contribution is 5.96. The zero-order valence-electron chi connectivity index (χ0n) is 16.0. The largest absolute Gasteiger partial charge is 0.494 e. The fraction of sp³-hybridized carbons (Fsp3) is 0.333. The van der Waals surface area contributed by atoms with Crippen LogP contribution in [0.25, 0.3) is 0 Å². The Hall–Kier alpha value is -3.02. The van der Waals surface area contributed by atoms with Crippen molar-refractivity contribution in [1.82, 2.24) is 5.32 Å². The quantitative estimate of drug-likeness (QED) is 0.630. The third-order valence-corrected chi connectivity index (χ3v) is 4.04. The standard InChI is InChI=1S/C21H27N3O3/c1-4-15(3)23-21(26)16-6-8-18(9-7-16)24-20(25)14-22-17-10-12-19(13-11-17)27-5-2/h6-13,15,22H,4-5,14H2,1-3H3,(H,23,26)(H,24,25). The molecule has 0 aromatic heterocycles. The summed E-state index contributed by atoms with van der Waals surface area (Å²) in [5.41, 5.74) is 2.06. The van der Waals surface area contributed by atoms with Crippen molar-refractivity contribution in [3.63, 3.8) is 0 Å². The van der Waals surface area contributed by atoms with Crippen LogP contribution < -0.4 is 20.7 Å². The minimum Gasteiger partial charge on any atom is -0.494 e. The Kier molecular flexibility index (Phi) is 7.67. The van der Waals surface area contributed by atoms with Gasteiger partial charge in [0.25, 0.3) is 5.91 Å². The summed E-state index contributed by atoms with van der Waals surface area (Å²) in [5, 5.41) is 8.78. The van der Waals surface area contributed by atoms with Crippen LogP contribution >= 0.6 is 0 Å². The summed E-state index contributed by atoms with van der Waals surface area (Å²) in [4.78, 5) is 24.1. The summed E-state index contributed by atoms with van der Waals surface area (Å²) >= 11 is 0. The number of nitrogens with one attached hydrogen (secondary N) is 3. The molecule has 3 N–H and O–H groups in total. The molecule has 0 fully saturated rings. The first-order chi connectivity index (χ1) is 13.0. The van der Waals surface area contributed by atoms with Gasteiger partial charge in [0.2, 0.25) is 5.91 Å². The topological polar surface area (TPSA) is 79.5 Å². The van der Waals surface area contributed by atoms with Crippen molar-refractivity contribution in [3.8, 4) is 5.75 Å². The third-order valence-electron chi connectivity index (χ3n) is 4.04. The van der Waals surface area contributed by atoms with E-state index in [1.807, 2.05) is 45.0 Å². The molecule has 0 heterocycles. The van der Waals surface area contributed by atoms with Gasteiger partial charge in [-0.3, -0.25) is 9.59 Å². The Morgan fingerprint density at radius 3 is 2.19 bits per heavy atom.